The molecule has 12 heteroatoms. The molecule has 0 radical (unpaired) electrons. The molecule has 12 nitrogen and oxygen atoms in total. The lowest BCUT2D eigenvalue weighted by molar-refractivity contribution is -0.341. The molecule has 0 bridgehead atoms. The smallest absolute Gasteiger partial charge is 0.187 e. The molecule has 6 aliphatic rings. The number of hydrogen-bond acceptors (Lipinski definition) is 12. The van der Waals surface area contributed by atoms with Crippen molar-refractivity contribution in [2.75, 3.05) is 13.2 Å². The van der Waals surface area contributed by atoms with E-state index in [2.05, 4.69) is 40.7 Å². The summed E-state index contributed by atoms with van der Waals surface area (Å²) in [5, 5.41) is 86.7. The van der Waals surface area contributed by atoms with Crippen LogP contribution in [0.3, 0.4) is 0 Å². The molecule has 0 unspecified atom stereocenters. The van der Waals surface area contributed by atoms with Crippen LogP contribution in [0.1, 0.15) is 113 Å². The molecule has 8 N–H and O–H groups in total. The number of hydrogen-bond donors (Lipinski definition) is 8. The maximum Gasteiger partial charge on any atom is 0.187 e. The van der Waals surface area contributed by atoms with E-state index in [4.69, 9.17) is 18.9 Å². The Balaban J connectivity index is 1.26. The molecule has 306 valence electrons. The second kappa shape index (κ2) is 14.9. The van der Waals surface area contributed by atoms with Crippen molar-refractivity contribution >= 4 is 0 Å². The molecule has 0 amide bonds. The van der Waals surface area contributed by atoms with Crippen LogP contribution in [0.2, 0.25) is 0 Å². The lowest BCUT2D eigenvalue weighted by Crippen LogP contribution is -2.67. The summed E-state index contributed by atoms with van der Waals surface area (Å²) in [5.41, 5.74) is -0.185. The lowest BCUT2D eigenvalue weighted by Gasteiger charge is -2.70. The zero-order chi connectivity index (χ0) is 39.1. The van der Waals surface area contributed by atoms with Gasteiger partial charge in [-0.3, -0.25) is 0 Å². The van der Waals surface area contributed by atoms with Gasteiger partial charge in [-0.25, -0.2) is 0 Å². The van der Waals surface area contributed by atoms with Gasteiger partial charge in [0.25, 0.3) is 0 Å². The molecule has 2 aliphatic heterocycles. The predicted octanol–water partition coefficient (Wildman–Crippen LogP) is 2.79. The van der Waals surface area contributed by atoms with E-state index in [-0.39, 0.29) is 46.2 Å². The summed E-state index contributed by atoms with van der Waals surface area (Å²) in [6.45, 7) is 17.0. The maximum atomic E-state index is 12.4. The number of ether oxygens (including phenoxy) is 4. The molecule has 0 aromatic rings. The van der Waals surface area contributed by atoms with Crippen LogP contribution >= 0.6 is 0 Å². The van der Waals surface area contributed by atoms with E-state index >= 15 is 0 Å². The average molecular weight is 755 g/mol. The van der Waals surface area contributed by atoms with Gasteiger partial charge in [0.1, 0.15) is 42.7 Å². The van der Waals surface area contributed by atoms with Crippen LogP contribution in [0.25, 0.3) is 0 Å². The number of fused-ring (bicyclic) bond motifs is 5. The van der Waals surface area contributed by atoms with Gasteiger partial charge in [0.2, 0.25) is 0 Å². The first-order chi connectivity index (χ1) is 24.7. The highest BCUT2D eigenvalue weighted by Crippen LogP contribution is 2.76. The van der Waals surface area contributed by atoms with Crippen molar-refractivity contribution in [1.29, 1.82) is 0 Å². The van der Waals surface area contributed by atoms with Gasteiger partial charge in [0, 0.05) is 0 Å². The SMILES string of the molecule is CC(C)=CCC[C@](C)(O[C@@H]1O[C@H](CO[C@H]2O[C@H](CO)[C@@H](O)[C@@H]2O)[C@@H](O)[C@H](O)[C@H]1O)[C@H]1CC[C@]2(C)[C@@H]1[C@H](O)C[C@@H]1[C@@]3(C)CC[C@H](O)C(C)(C)[C@@H]3CC[C@]12C. The first-order valence-corrected chi connectivity index (χ1v) is 20.3. The fourth-order valence-electron chi connectivity index (χ4n) is 13.0. The van der Waals surface area contributed by atoms with Crippen LogP contribution in [-0.2, 0) is 18.9 Å². The van der Waals surface area contributed by atoms with Gasteiger partial charge in [0.15, 0.2) is 12.6 Å². The molecule has 2 saturated heterocycles. The minimum atomic E-state index is -1.63. The topological polar surface area (TPSA) is 199 Å². The third-order valence-corrected chi connectivity index (χ3v) is 16.3. The Kier molecular flexibility index (Phi) is 11.8. The van der Waals surface area contributed by atoms with Crippen LogP contribution in [0.5, 0.6) is 0 Å². The number of aliphatic hydroxyl groups is 8. The highest BCUT2D eigenvalue weighted by atomic mass is 16.7. The molecule has 0 aromatic carbocycles. The Morgan fingerprint density at radius 1 is 0.755 bits per heavy atom. The second-order valence-electron chi connectivity index (χ2n) is 19.6. The summed E-state index contributed by atoms with van der Waals surface area (Å²) < 4.78 is 24.2. The molecule has 0 spiro atoms. The van der Waals surface area contributed by atoms with E-state index in [1.807, 2.05) is 20.8 Å². The van der Waals surface area contributed by atoms with Gasteiger partial charge in [-0.15, -0.1) is 0 Å². The monoisotopic (exact) mass is 754 g/mol. The lowest BCUT2D eigenvalue weighted by atomic mass is 9.35. The Morgan fingerprint density at radius 2 is 1.38 bits per heavy atom. The van der Waals surface area contributed by atoms with E-state index in [0.29, 0.717) is 31.1 Å². The molecular formula is C41H70O12. The van der Waals surface area contributed by atoms with Crippen molar-refractivity contribution < 1.29 is 59.8 Å². The third-order valence-electron chi connectivity index (χ3n) is 16.3. The summed E-state index contributed by atoms with van der Waals surface area (Å²) >= 11 is 0. The molecule has 4 aliphatic carbocycles. The van der Waals surface area contributed by atoms with Gasteiger partial charge in [0.05, 0.1) is 31.0 Å². The van der Waals surface area contributed by atoms with Crippen LogP contribution in [0.4, 0.5) is 0 Å². The Labute approximate surface area is 315 Å². The van der Waals surface area contributed by atoms with Crippen LogP contribution in [0.15, 0.2) is 11.6 Å². The number of allylic oxidation sites excluding steroid dienone is 2. The number of aliphatic hydroxyl groups excluding tert-OH is 8. The molecule has 53 heavy (non-hydrogen) atoms. The third kappa shape index (κ3) is 6.80. The van der Waals surface area contributed by atoms with Gasteiger partial charge in [-0.2, -0.15) is 0 Å². The zero-order valence-corrected chi connectivity index (χ0v) is 33.2. The summed E-state index contributed by atoms with van der Waals surface area (Å²) in [5.74, 6) is 0.470. The number of rotatable bonds is 10. The van der Waals surface area contributed by atoms with E-state index in [1.165, 1.54) is 0 Å². The predicted molar refractivity (Wildman–Crippen MR) is 195 cm³/mol. The first kappa shape index (κ1) is 41.9. The van der Waals surface area contributed by atoms with E-state index in [0.717, 1.165) is 44.1 Å². The minimum Gasteiger partial charge on any atom is -0.394 e. The molecule has 6 rings (SSSR count). The largest absolute Gasteiger partial charge is 0.394 e. The van der Waals surface area contributed by atoms with Crippen molar-refractivity contribution in [2.45, 2.75) is 186 Å². The van der Waals surface area contributed by atoms with Crippen molar-refractivity contribution in [1.82, 2.24) is 0 Å². The standard InChI is InChI=1S/C41H70O12/c1-21(2)10-9-14-41(8,53-36-34(49)32(47)31(46)25(52-36)20-50-35-33(48)30(45)24(19-42)51-35)22-11-16-40(7)29(22)23(43)18-27-38(5)15-13-28(44)37(3,4)26(38)12-17-39(27,40)6/h10,22-36,42-49H,9,11-20H2,1-8H3/t22-,23+,24+,25+,26-,27+,28-,29-,30+,31+,32-,33-,34+,35-,36-,38-,39+,40+,41-/m0/s1. The van der Waals surface area contributed by atoms with E-state index < -0.39 is 73.6 Å². The summed E-state index contributed by atoms with van der Waals surface area (Å²) in [6, 6.07) is 0. The summed E-state index contributed by atoms with van der Waals surface area (Å²) in [7, 11) is 0. The molecule has 4 saturated carbocycles. The minimum absolute atomic E-state index is 0.00317. The average Bonchev–Trinajstić information content (AvgIpc) is 3.61. The fraction of sp³-hybridized carbons (Fsp3) is 0.951. The van der Waals surface area contributed by atoms with Crippen LogP contribution in [0, 0.1) is 45.3 Å². The molecular weight excluding hydrogens is 684 g/mol. The summed E-state index contributed by atoms with van der Waals surface area (Å²) in [4.78, 5) is 0. The van der Waals surface area contributed by atoms with E-state index in [9.17, 15) is 40.9 Å². The fourth-order valence-corrected chi connectivity index (χ4v) is 13.0. The van der Waals surface area contributed by atoms with Crippen molar-refractivity contribution in [3.63, 3.8) is 0 Å². The van der Waals surface area contributed by atoms with Crippen LogP contribution in [-0.4, -0.2) is 127 Å². The van der Waals surface area contributed by atoms with E-state index in [1.54, 1.807) is 0 Å². The van der Waals surface area contributed by atoms with Gasteiger partial charge < -0.3 is 59.8 Å². The Bertz CT molecular complexity index is 1320. The second-order valence-corrected chi connectivity index (χ2v) is 19.6. The highest BCUT2D eigenvalue weighted by Gasteiger charge is 2.71. The Morgan fingerprint density at radius 3 is 2.02 bits per heavy atom. The zero-order valence-electron chi connectivity index (χ0n) is 33.2. The Hall–Kier alpha value is -0.740. The summed E-state index contributed by atoms with van der Waals surface area (Å²) in [6.07, 6.45) is -3.70. The van der Waals surface area contributed by atoms with Crippen LogP contribution < -0.4 is 0 Å². The van der Waals surface area contributed by atoms with Gasteiger partial charge >= 0.3 is 0 Å². The molecule has 19 atom stereocenters. The van der Waals surface area contributed by atoms with Crippen molar-refractivity contribution in [3.05, 3.63) is 11.6 Å². The van der Waals surface area contributed by atoms with Gasteiger partial charge in [-0.05, 0) is 124 Å². The molecule has 0 aromatic heterocycles. The normalized spacial score (nSPS) is 51.9. The van der Waals surface area contributed by atoms with Gasteiger partial charge in [-0.1, -0.05) is 46.3 Å². The molecule has 2 heterocycles. The molecule has 6 fully saturated rings. The van der Waals surface area contributed by atoms with Crippen molar-refractivity contribution in [3.8, 4) is 0 Å². The maximum absolute atomic E-state index is 12.4. The quantitative estimate of drug-likeness (QED) is 0.152. The first-order valence-electron chi connectivity index (χ1n) is 20.3. The highest BCUT2D eigenvalue weighted by molar-refractivity contribution is 5.20. The van der Waals surface area contributed by atoms with Crippen molar-refractivity contribution in [2.24, 2.45) is 45.3 Å².